The standard InChI is InChI=1S/C42H28F6O15/c1-19(49)37(55)61-35-23(9-11-25(41(43,44)45)33(35)29(53)15-7-21-5-13-27(51)31(17-21)59-3)39(57)63-40(58)24-10-12-26(42(46,47)48)34(36(24)62-38(56)20(2)50)30(54)16-8-22-6-14-28(52)32(18-22)60-4/h5-18,51-52H,1-4H3/b15-7+,16-8+. The zero-order chi connectivity index (χ0) is 47.1. The van der Waals surface area contributed by atoms with Gasteiger partial charge in [-0.05, 0) is 71.8 Å². The molecule has 0 radical (unpaired) electrons. The zero-order valence-electron chi connectivity index (χ0n) is 32.6. The number of esters is 4. The van der Waals surface area contributed by atoms with Crippen LogP contribution in [0.2, 0.25) is 0 Å². The van der Waals surface area contributed by atoms with E-state index in [2.05, 4.69) is 0 Å². The molecule has 0 aliphatic heterocycles. The van der Waals surface area contributed by atoms with Crippen LogP contribution in [0.5, 0.6) is 34.5 Å². The van der Waals surface area contributed by atoms with E-state index in [9.17, 15) is 74.9 Å². The van der Waals surface area contributed by atoms with Crippen LogP contribution in [0.3, 0.4) is 0 Å². The van der Waals surface area contributed by atoms with Crippen LogP contribution in [0, 0.1) is 0 Å². The molecule has 2 N–H and O–H groups in total. The Bertz CT molecular complexity index is 2460. The van der Waals surface area contributed by atoms with Crippen molar-refractivity contribution in [3.63, 3.8) is 0 Å². The lowest BCUT2D eigenvalue weighted by Gasteiger charge is -2.19. The summed E-state index contributed by atoms with van der Waals surface area (Å²) in [5, 5.41) is 19.7. The van der Waals surface area contributed by atoms with Crippen molar-refractivity contribution in [2.24, 2.45) is 0 Å². The highest BCUT2D eigenvalue weighted by Crippen LogP contribution is 2.41. The first-order valence-electron chi connectivity index (χ1n) is 17.3. The fraction of sp³-hybridized carbons (Fsp3) is 0.143. The van der Waals surface area contributed by atoms with E-state index in [0.29, 0.717) is 26.0 Å². The largest absolute Gasteiger partial charge is 0.504 e. The third-order valence-electron chi connectivity index (χ3n) is 8.27. The molecular formula is C42H28F6O15. The van der Waals surface area contributed by atoms with Gasteiger partial charge in [0.1, 0.15) is 11.1 Å². The topological polar surface area (TPSA) is 223 Å². The third-order valence-corrected chi connectivity index (χ3v) is 8.27. The van der Waals surface area contributed by atoms with Crippen LogP contribution in [0.1, 0.15) is 77.5 Å². The van der Waals surface area contributed by atoms with Crippen molar-refractivity contribution in [3.8, 4) is 34.5 Å². The van der Waals surface area contributed by atoms with Gasteiger partial charge in [0.05, 0.1) is 36.5 Å². The SMILES string of the molecule is COc1cc(/C=C/C(=O)c2c(C(F)(F)F)ccc(C(=O)OC(=O)c3ccc(C(F)(F)F)c(C(=O)/C=C/c4ccc(O)c(OC)c4)c3OC(=O)C(C)=O)c2OC(=O)C(C)=O)ccc1O. The molecule has 63 heavy (non-hydrogen) atoms. The van der Waals surface area contributed by atoms with Crippen LogP contribution in [0.4, 0.5) is 26.3 Å². The van der Waals surface area contributed by atoms with E-state index in [4.69, 9.17) is 23.7 Å². The van der Waals surface area contributed by atoms with Gasteiger partial charge in [-0.3, -0.25) is 19.2 Å². The normalized spacial score (nSPS) is 11.5. The van der Waals surface area contributed by atoms with Gasteiger partial charge in [-0.1, -0.05) is 24.3 Å². The monoisotopic (exact) mass is 886 g/mol. The van der Waals surface area contributed by atoms with Crippen LogP contribution >= 0.6 is 0 Å². The summed E-state index contributed by atoms with van der Waals surface area (Å²) in [6, 6.07) is 7.70. The van der Waals surface area contributed by atoms with Crippen molar-refractivity contribution in [2.45, 2.75) is 26.2 Å². The molecule has 0 saturated carbocycles. The minimum Gasteiger partial charge on any atom is -0.504 e. The van der Waals surface area contributed by atoms with Crippen LogP contribution in [-0.2, 0) is 36.3 Å². The van der Waals surface area contributed by atoms with Crippen molar-refractivity contribution in [2.75, 3.05) is 14.2 Å². The number of methoxy groups -OCH3 is 2. The number of hydrogen-bond acceptors (Lipinski definition) is 15. The molecule has 0 aromatic heterocycles. The number of alkyl halides is 6. The molecule has 4 aromatic rings. The molecule has 4 aromatic carbocycles. The number of carbonyl (C=O) groups is 8. The first-order chi connectivity index (χ1) is 29.4. The molecule has 21 heteroatoms. The number of ketones is 4. The number of Topliss-reactive ketones (excluding diaryl/α,β-unsaturated/α-hetero) is 2. The van der Waals surface area contributed by atoms with Gasteiger partial charge in [0.2, 0.25) is 11.6 Å². The van der Waals surface area contributed by atoms with Crippen molar-refractivity contribution < 1.29 is 98.6 Å². The van der Waals surface area contributed by atoms with Gasteiger partial charge in [-0.25, -0.2) is 19.2 Å². The van der Waals surface area contributed by atoms with E-state index >= 15 is 0 Å². The smallest absolute Gasteiger partial charge is 0.417 e. The number of aromatic hydroxyl groups is 2. The summed E-state index contributed by atoms with van der Waals surface area (Å²) in [7, 11) is 2.33. The fourth-order valence-corrected chi connectivity index (χ4v) is 5.29. The first kappa shape index (κ1) is 47.6. The average Bonchev–Trinajstić information content (AvgIpc) is 3.21. The number of phenols is 2. The quantitative estimate of drug-likeness (QED) is 0.0249. The Morgan fingerprint density at radius 2 is 0.889 bits per heavy atom. The van der Waals surface area contributed by atoms with Crippen LogP contribution in [-0.4, -0.2) is 71.4 Å². The van der Waals surface area contributed by atoms with Gasteiger partial charge in [-0.2, -0.15) is 26.3 Å². The van der Waals surface area contributed by atoms with Gasteiger partial charge in [0.25, 0.3) is 0 Å². The molecule has 0 amide bonds. The number of benzene rings is 4. The van der Waals surface area contributed by atoms with E-state index in [1.165, 1.54) is 26.4 Å². The predicted molar refractivity (Wildman–Crippen MR) is 201 cm³/mol. The Balaban J connectivity index is 1.91. The zero-order valence-corrected chi connectivity index (χ0v) is 32.6. The molecule has 0 spiro atoms. The van der Waals surface area contributed by atoms with Gasteiger partial charge in [0, 0.05) is 13.8 Å². The van der Waals surface area contributed by atoms with Crippen LogP contribution < -0.4 is 18.9 Å². The second kappa shape index (κ2) is 19.1. The molecular weight excluding hydrogens is 858 g/mol. The second-order valence-electron chi connectivity index (χ2n) is 12.6. The number of phenolic OH excluding ortho intramolecular Hbond substituents is 2. The molecule has 15 nitrogen and oxygen atoms in total. The van der Waals surface area contributed by atoms with Crippen molar-refractivity contribution in [1.29, 1.82) is 0 Å². The Labute approximate surface area is 349 Å². The maximum absolute atomic E-state index is 14.4. The summed E-state index contributed by atoms with van der Waals surface area (Å²) in [5.41, 5.74) is -9.41. The average molecular weight is 887 g/mol. The molecule has 0 atom stereocenters. The molecule has 0 fully saturated rings. The summed E-state index contributed by atoms with van der Waals surface area (Å²) in [6.07, 6.45) is -8.05. The number of rotatable bonds is 14. The Kier molecular flexibility index (Phi) is 14.4. The van der Waals surface area contributed by atoms with E-state index in [0.717, 1.165) is 36.4 Å². The highest BCUT2D eigenvalue weighted by Gasteiger charge is 2.41. The third kappa shape index (κ3) is 11.2. The number of hydrogen-bond donors (Lipinski definition) is 2. The molecule has 0 saturated heterocycles. The number of halogens is 6. The summed E-state index contributed by atoms with van der Waals surface area (Å²) >= 11 is 0. The molecule has 0 aliphatic rings. The summed E-state index contributed by atoms with van der Waals surface area (Å²) < 4.78 is 111. The van der Waals surface area contributed by atoms with Crippen molar-refractivity contribution in [1.82, 2.24) is 0 Å². The van der Waals surface area contributed by atoms with Crippen LogP contribution in [0.25, 0.3) is 12.2 Å². The second-order valence-corrected chi connectivity index (χ2v) is 12.6. The Morgan fingerprint density at radius 1 is 0.540 bits per heavy atom. The maximum atomic E-state index is 14.4. The summed E-state index contributed by atoms with van der Waals surface area (Å²) in [4.78, 5) is 103. The highest BCUT2D eigenvalue weighted by atomic mass is 19.4. The first-order valence-corrected chi connectivity index (χ1v) is 17.3. The van der Waals surface area contributed by atoms with E-state index in [1.807, 2.05) is 0 Å². The molecule has 0 bridgehead atoms. The van der Waals surface area contributed by atoms with Gasteiger partial charge >= 0.3 is 36.2 Å². The van der Waals surface area contributed by atoms with Gasteiger partial charge in [-0.15, -0.1) is 0 Å². The number of ether oxygens (including phenoxy) is 5. The molecule has 0 aliphatic carbocycles. The maximum Gasteiger partial charge on any atom is 0.417 e. The molecule has 0 heterocycles. The van der Waals surface area contributed by atoms with E-state index < -0.39 is 104 Å². The van der Waals surface area contributed by atoms with E-state index in [-0.39, 0.29) is 58.4 Å². The number of carbonyl (C=O) groups excluding carboxylic acids is 8. The minimum atomic E-state index is -5.45. The molecule has 4 rings (SSSR count). The van der Waals surface area contributed by atoms with Gasteiger partial charge in [0.15, 0.2) is 46.1 Å². The molecule has 0 unspecified atom stereocenters. The highest BCUT2D eigenvalue weighted by molar-refractivity contribution is 6.34. The summed E-state index contributed by atoms with van der Waals surface area (Å²) in [6.45, 7) is 1.20. The van der Waals surface area contributed by atoms with Crippen molar-refractivity contribution in [3.05, 3.63) is 117 Å². The lowest BCUT2D eigenvalue weighted by atomic mass is 9.96. The van der Waals surface area contributed by atoms with Gasteiger partial charge < -0.3 is 33.9 Å². The Morgan fingerprint density at radius 3 is 1.19 bits per heavy atom. The lowest BCUT2D eigenvalue weighted by molar-refractivity contribution is -0.146. The minimum absolute atomic E-state index is 0.0572. The summed E-state index contributed by atoms with van der Waals surface area (Å²) in [5.74, 6) is -18.4. The Hall–Kier alpha value is -8.10. The number of allylic oxidation sites excluding steroid dienone is 2. The van der Waals surface area contributed by atoms with Crippen LogP contribution in [0.15, 0.2) is 72.8 Å². The van der Waals surface area contributed by atoms with E-state index in [1.54, 1.807) is 0 Å². The predicted octanol–water partition coefficient (Wildman–Crippen LogP) is 6.93. The fourth-order valence-electron chi connectivity index (χ4n) is 5.29. The molecule has 328 valence electrons. The lowest BCUT2D eigenvalue weighted by Crippen LogP contribution is -2.25. The van der Waals surface area contributed by atoms with Crippen molar-refractivity contribution >= 4 is 59.2 Å².